The van der Waals surface area contributed by atoms with Crippen molar-refractivity contribution in [2.75, 3.05) is 7.11 Å². The molecule has 0 aliphatic rings. The zero-order valence-electron chi connectivity index (χ0n) is 15.2. The van der Waals surface area contributed by atoms with Gasteiger partial charge in [-0.25, -0.2) is 0 Å². The quantitative estimate of drug-likeness (QED) is 0.458. The fourth-order valence-electron chi connectivity index (χ4n) is 3.03. The van der Waals surface area contributed by atoms with Crippen LogP contribution in [0.5, 0.6) is 5.75 Å². The average Bonchev–Trinajstić information content (AvgIpc) is 2.92. The second kappa shape index (κ2) is 8.23. The fourth-order valence-corrected chi connectivity index (χ4v) is 3.41. The number of methoxy groups -OCH3 is 1. The van der Waals surface area contributed by atoms with Crippen molar-refractivity contribution < 1.29 is 4.74 Å². The molecule has 1 heterocycles. The summed E-state index contributed by atoms with van der Waals surface area (Å²) < 4.78 is 8.65. The predicted molar refractivity (Wildman–Crippen MR) is 110 cm³/mol. The van der Waals surface area contributed by atoms with Crippen LogP contribution in [0, 0.1) is 13.8 Å². The zero-order valence-corrected chi connectivity index (χ0v) is 16.7. The van der Waals surface area contributed by atoms with Crippen LogP contribution in [0.2, 0.25) is 0 Å². The number of rotatable bonds is 6. The standard InChI is InChI=1S/C21H22BrN3O/c1-15-11-18(16(2)25(15)20-9-6-8-19(22)12-20)14-24-23-13-17-7-4-5-10-21(17)26-3/h4-12,14,23H,13H2,1-3H3/b24-14+. The lowest BCUT2D eigenvalue weighted by Gasteiger charge is -2.10. The van der Waals surface area contributed by atoms with Crippen molar-refractivity contribution in [3.05, 3.63) is 81.6 Å². The van der Waals surface area contributed by atoms with Crippen molar-refractivity contribution in [1.82, 2.24) is 9.99 Å². The largest absolute Gasteiger partial charge is 0.496 e. The number of para-hydroxylation sites is 1. The van der Waals surface area contributed by atoms with Crippen molar-refractivity contribution in [1.29, 1.82) is 0 Å². The van der Waals surface area contributed by atoms with Crippen molar-refractivity contribution in [3.63, 3.8) is 0 Å². The number of nitrogens with one attached hydrogen (secondary N) is 1. The smallest absolute Gasteiger partial charge is 0.123 e. The molecule has 3 aromatic rings. The van der Waals surface area contributed by atoms with Gasteiger partial charge in [-0.3, -0.25) is 0 Å². The van der Waals surface area contributed by atoms with Gasteiger partial charge in [-0.2, -0.15) is 5.10 Å². The number of ether oxygens (including phenoxy) is 1. The minimum Gasteiger partial charge on any atom is -0.496 e. The maximum absolute atomic E-state index is 5.36. The number of nitrogens with zero attached hydrogens (tertiary/aromatic N) is 2. The van der Waals surface area contributed by atoms with E-state index in [4.69, 9.17) is 4.74 Å². The van der Waals surface area contributed by atoms with Gasteiger partial charge < -0.3 is 14.7 Å². The van der Waals surface area contributed by atoms with Crippen LogP contribution in [0.4, 0.5) is 0 Å². The predicted octanol–water partition coefficient (Wildman–Crippen LogP) is 4.99. The summed E-state index contributed by atoms with van der Waals surface area (Å²) in [4.78, 5) is 0. The molecule has 0 bridgehead atoms. The minimum absolute atomic E-state index is 0.616. The molecule has 0 unspecified atom stereocenters. The number of hydrazone groups is 1. The van der Waals surface area contributed by atoms with Gasteiger partial charge in [0.1, 0.15) is 5.75 Å². The number of benzene rings is 2. The van der Waals surface area contributed by atoms with Gasteiger partial charge in [0.2, 0.25) is 0 Å². The molecule has 2 aromatic carbocycles. The highest BCUT2D eigenvalue weighted by molar-refractivity contribution is 9.10. The Morgan fingerprint density at radius 1 is 1.12 bits per heavy atom. The van der Waals surface area contributed by atoms with Crippen molar-refractivity contribution in [2.45, 2.75) is 20.4 Å². The Bertz CT molecular complexity index is 931. The van der Waals surface area contributed by atoms with E-state index in [0.717, 1.165) is 32.7 Å². The molecule has 5 heteroatoms. The summed E-state index contributed by atoms with van der Waals surface area (Å²) in [6.07, 6.45) is 1.87. The average molecular weight is 412 g/mol. The van der Waals surface area contributed by atoms with Crippen LogP contribution in [-0.4, -0.2) is 17.9 Å². The Labute approximate surface area is 162 Å². The van der Waals surface area contributed by atoms with Crippen LogP contribution in [0.3, 0.4) is 0 Å². The molecule has 0 aliphatic heterocycles. The Hall–Kier alpha value is -2.53. The van der Waals surface area contributed by atoms with E-state index in [9.17, 15) is 0 Å². The topological polar surface area (TPSA) is 38.5 Å². The molecule has 3 rings (SSSR count). The minimum atomic E-state index is 0.616. The molecule has 4 nitrogen and oxygen atoms in total. The number of aromatic nitrogens is 1. The van der Waals surface area contributed by atoms with E-state index in [1.807, 2.05) is 42.6 Å². The first kappa shape index (κ1) is 18.3. The molecule has 1 N–H and O–H groups in total. The van der Waals surface area contributed by atoms with Crippen LogP contribution in [-0.2, 0) is 6.54 Å². The lowest BCUT2D eigenvalue weighted by molar-refractivity contribution is 0.408. The Morgan fingerprint density at radius 3 is 2.69 bits per heavy atom. The Balaban J connectivity index is 1.74. The van der Waals surface area contributed by atoms with Crippen LogP contribution >= 0.6 is 15.9 Å². The lowest BCUT2D eigenvalue weighted by atomic mass is 10.2. The Morgan fingerprint density at radius 2 is 1.92 bits per heavy atom. The molecule has 0 aliphatic carbocycles. The molecule has 0 amide bonds. The molecule has 26 heavy (non-hydrogen) atoms. The van der Waals surface area contributed by atoms with Gasteiger partial charge in [0, 0.05) is 32.7 Å². The maximum atomic E-state index is 5.36. The van der Waals surface area contributed by atoms with Gasteiger partial charge in [0.25, 0.3) is 0 Å². The van der Waals surface area contributed by atoms with Crippen LogP contribution < -0.4 is 10.2 Å². The molecule has 0 atom stereocenters. The highest BCUT2D eigenvalue weighted by Crippen LogP contribution is 2.22. The first-order chi connectivity index (χ1) is 12.6. The lowest BCUT2D eigenvalue weighted by Crippen LogP contribution is -2.07. The molecular formula is C21H22BrN3O. The number of hydrogen-bond acceptors (Lipinski definition) is 3. The number of aryl methyl sites for hydroxylation is 1. The Kier molecular flexibility index (Phi) is 5.78. The molecule has 0 fully saturated rings. The molecule has 1 aromatic heterocycles. The molecule has 0 spiro atoms. The fraction of sp³-hybridized carbons (Fsp3) is 0.190. The third kappa shape index (κ3) is 3.99. The van der Waals surface area contributed by atoms with Crippen LogP contribution in [0.25, 0.3) is 5.69 Å². The summed E-state index contributed by atoms with van der Waals surface area (Å²) in [6.45, 7) is 4.83. The third-order valence-corrected chi connectivity index (χ3v) is 4.79. The number of halogens is 1. The van der Waals surface area contributed by atoms with E-state index < -0.39 is 0 Å². The second-order valence-electron chi connectivity index (χ2n) is 6.05. The van der Waals surface area contributed by atoms with E-state index in [2.05, 4.69) is 63.1 Å². The van der Waals surface area contributed by atoms with E-state index in [-0.39, 0.29) is 0 Å². The zero-order chi connectivity index (χ0) is 18.5. The van der Waals surface area contributed by atoms with Crippen LogP contribution in [0.1, 0.15) is 22.5 Å². The van der Waals surface area contributed by atoms with Gasteiger partial charge in [-0.05, 0) is 44.2 Å². The molecule has 134 valence electrons. The molecular weight excluding hydrogens is 390 g/mol. The van der Waals surface area contributed by atoms with Gasteiger partial charge in [0.15, 0.2) is 0 Å². The SMILES string of the molecule is COc1ccccc1CN/N=C/c1cc(C)n(-c2cccc(Br)c2)c1C. The normalized spacial score (nSPS) is 11.1. The van der Waals surface area contributed by atoms with Crippen molar-refractivity contribution >= 4 is 22.1 Å². The maximum Gasteiger partial charge on any atom is 0.123 e. The van der Waals surface area contributed by atoms with Crippen molar-refractivity contribution in [3.8, 4) is 11.4 Å². The molecule has 0 radical (unpaired) electrons. The van der Waals surface area contributed by atoms with Crippen LogP contribution in [0.15, 0.2) is 64.2 Å². The first-order valence-electron chi connectivity index (χ1n) is 8.43. The summed E-state index contributed by atoms with van der Waals surface area (Å²) in [5.41, 5.74) is 8.73. The highest BCUT2D eigenvalue weighted by atomic mass is 79.9. The van der Waals surface area contributed by atoms with Gasteiger partial charge in [-0.15, -0.1) is 0 Å². The summed E-state index contributed by atoms with van der Waals surface area (Å²) in [7, 11) is 1.68. The van der Waals surface area contributed by atoms with E-state index in [1.165, 1.54) is 5.69 Å². The van der Waals surface area contributed by atoms with E-state index in [1.54, 1.807) is 7.11 Å². The number of hydrogen-bond donors (Lipinski definition) is 1. The second-order valence-corrected chi connectivity index (χ2v) is 6.96. The third-order valence-electron chi connectivity index (χ3n) is 4.29. The van der Waals surface area contributed by atoms with Crippen molar-refractivity contribution in [2.24, 2.45) is 5.10 Å². The van der Waals surface area contributed by atoms with Gasteiger partial charge in [-0.1, -0.05) is 40.2 Å². The summed E-state index contributed by atoms with van der Waals surface area (Å²) >= 11 is 3.54. The highest BCUT2D eigenvalue weighted by Gasteiger charge is 2.09. The molecule has 0 saturated heterocycles. The summed E-state index contributed by atoms with van der Waals surface area (Å²) in [5, 5.41) is 4.39. The first-order valence-corrected chi connectivity index (χ1v) is 9.22. The summed E-state index contributed by atoms with van der Waals surface area (Å²) in [5.74, 6) is 0.864. The van der Waals surface area contributed by atoms with Gasteiger partial charge in [0.05, 0.1) is 19.9 Å². The van der Waals surface area contributed by atoms with Gasteiger partial charge >= 0.3 is 0 Å². The van der Waals surface area contributed by atoms with E-state index in [0.29, 0.717) is 6.54 Å². The molecule has 0 saturated carbocycles. The summed E-state index contributed by atoms with van der Waals surface area (Å²) in [6, 6.07) is 18.4. The van der Waals surface area contributed by atoms with E-state index >= 15 is 0 Å². The monoisotopic (exact) mass is 411 g/mol.